The third-order valence-electron chi connectivity index (χ3n) is 6.08. The number of benzene rings is 2. The van der Waals surface area contributed by atoms with Crippen LogP contribution in [0.5, 0.6) is 5.75 Å². The maximum Gasteiger partial charge on any atom is 0.119 e. The van der Waals surface area contributed by atoms with Gasteiger partial charge >= 0.3 is 0 Å². The van der Waals surface area contributed by atoms with Crippen LogP contribution < -0.4 is 4.74 Å². The van der Waals surface area contributed by atoms with Crippen molar-refractivity contribution in [3.8, 4) is 16.9 Å². The topological polar surface area (TPSA) is 103 Å². The van der Waals surface area contributed by atoms with Crippen LogP contribution in [0.1, 0.15) is 24.8 Å². The first-order valence-corrected chi connectivity index (χ1v) is 11.2. The van der Waals surface area contributed by atoms with Crippen LogP contribution in [-0.2, 0) is 11.3 Å². The summed E-state index contributed by atoms with van der Waals surface area (Å²) in [6.45, 7) is 1.88. The van der Waals surface area contributed by atoms with Crippen LogP contribution in [0.2, 0.25) is 0 Å². The summed E-state index contributed by atoms with van der Waals surface area (Å²) in [6, 6.07) is 15.8. The summed E-state index contributed by atoms with van der Waals surface area (Å²) in [6.07, 6.45) is -0.619. The zero-order valence-electron chi connectivity index (χ0n) is 18.6. The van der Waals surface area contributed by atoms with Crippen LogP contribution >= 0.6 is 0 Å². The van der Waals surface area contributed by atoms with E-state index in [4.69, 9.17) is 9.47 Å². The quantitative estimate of drug-likeness (QED) is 0.391. The smallest absolute Gasteiger partial charge is 0.119 e. The number of unbranched alkanes of at least 4 members (excludes halogenated alkanes) is 2. The number of likely N-dealkylation sites (tertiary alicyclic amines) is 1. The van der Waals surface area contributed by atoms with Crippen molar-refractivity contribution >= 4 is 0 Å². The summed E-state index contributed by atoms with van der Waals surface area (Å²) >= 11 is 0. The maximum atomic E-state index is 10.0. The Morgan fingerprint density at radius 1 is 0.938 bits per heavy atom. The number of piperidine rings is 1. The minimum absolute atomic E-state index is 0.245. The molecule has 0 unspecified atom stereocenters. The summed E-state index contributed by atoms with van der Waals surface area (Å²) in [4.78, 5) is 1.85. The van der Waals surface area contributed by atoms with E-state index in [2.05, 4.69) is 30.3 Å². The Kier molecular flexibility index (Phi) is 9.47. The molecular weight excluding hydrogens is 410 g/mol. The highest BCUT2D eigenvalue weighted by atomic mass is 16.5. The lowest BCUT2D eigenvalue weighted by Gasteiger charge is -2.43. The van der Waals surface area contributed by atoms with Gasteiger partial charge in [-0.05, 0) is 54.6 Å². The molecule has 0 radical (unpaired) electrons. The summed E-state index contributed by atoms with van der Waals surface area (Å²) in [7, 11) is 1.67. The van der Waals surface area contributed by atoms with Gasteiger partial charge in [-0.1, -0.05) is 36.4 Å². The van der Waals surface area contributed by atoms with Gasteiger partial charge in [-0.3, -0.25) is 4.90 Å². The molecule has 7 nitrogen and oxygen atoms in total. The molecule has 4 N–H and O–H groups in total. The lowest BCUT2D eigenvalue weighted by Crippen LogP contribution is -2.62. The number of aliphatic hydroxyl groups is 4. The first-order valence-electron chi connectivity index (χ1n) is 11.2. The minimum Gasteiger partial charge on any atom is -0.497 e. The summed E-state index contributed by atoms with van der Waals surface area (Å²) in [5, 5.41) is 39.2. The second-order valence-corrected chi connectivity index (χ2v) is 8.34. The fourth-order valence-electron chi connectivity index (χ4n) is 4.12. The van der Waals surface area contributed by atoms with Gasteiger partial charge in [0.2, 0.25) is 0 Å². The van der Waals surface area contributed by atoms with E-state index in [1.165, 1.54) is 0 Å². The molecule has 0 saturated carbocycles. The van der Waals surface area contributed by atoms with E-state index >= 15 is 0 Å². The second kappa shape index (κ2) is 12.3. The van der Waals surface area contributed by atoms with Crippen molar-refractivity contribution < 1.29 is 29.9 Å². The molecule has 2 aromatic carbocycles. The van der Waals surface area contributed by atoms with Crippen molar-refractivity contribution in [2.45, 2.75) is 50.2 Å². The van der Waals surface area contributed by atoms with Gasteiger partial charge in [0.1, 0.15) is 18.0 Å². The molecule has 0 spiro atoms. The Labute approximate surface area is 189 Å². The van der Waals surface area contributed by atoms with Gasteiger partial charge < -0.3 is 29.9 Å². The predicted molar refractivity (Wildman–Crippen MR) is 122 cm³/mol. The molecule has 0 bridgehead atoms. The number of methoxy groups -OCH3 is 1. The fraction of sp³-hybridized carbons (Fsp3) is 0.520. The van der Waals surface area contributed by atoms with E-state index < -0.39 is 24.4 Å². The number of hydrogen-bond donors (Lipinski definition) is 4. The molecule has 176 valence electrons. The van der Waals surface area contributed by atoms with Crippen molar-refractivity contribution in [3.05, 3.63) is 54.1 Å². The van der Waals surface area contributed by atoms with Gasteiger partial charge in [0.25, 0.3) is 0 Å². The SMILES string of the molecule is COc1cccc(-c2ccc(COCCCCCN3C[C@H](O)[C@@H](O)[C@H](O)[C@H]3CO)cc2)c1. The van der Waals surface area contributed by atoms with Crippen molar-refractivity contribution in [2.24, 2.45) is 0 Å². The number of hydrogen-bond acceptors (Lipinski definition) is 7. The minimum atomic E-state index is -1.21. The lowest BCUT2D eigenvalue weighted by molar-refractivity contribution is -0.145. The monoisotopic (exact) mass is 445 g/mol. The molecule has 2 aromatic rings. The Bertz CT molecular complexity index is 814. The molecule has 3 rings (SSSR count). The summed E-state index contributed by atoms with van der Waals surface area (Å²) < 4.78 is 11.1. The van der Waals surface area contributed by atoms with Gasteiger partial charge in [0.05, 0.1) is 32.5 Å². The molecule has 7 heteroatoms. The zero-order valence-corrected chi connectivity index (χ0v) is 18.6. The zero-order chi connectivity index (χ0) is 22.9. The van der Waals surface area contributed by atoms with Crippen molar-refractivity contribution in [1.29, 1.82) is 0 Å². The van der Waals surface area contributed by atoms with Gasteiger partial charge in [0, 0.05) is 13.2 Å². The van der Waals surface area contributed by atoms with E-state index in [-0.39, 0.29) is 13.2 Å². The molecule has 0 amide bonds. The Morgan fingerprint density at radius 2 is 1.72 bits per heavy atom. The second-order valence-electron chi connectivity index (χ2n) is 8.34. The fourth-order valence-corrected chi connectivity index (χ4v) is 4.12. The first kappa shape index (κ1) is 24.6. The van der Waals surface area contributed by atoms with E-state index in [0.717, 1.165) is 41.7 Å². The van der Waals surface area contributed by atoms with E-state index in [0.29, 0.717) is 19.8 Å². The van der Waals surface area contributed by atoms with Crippen LogP contribution in [-0.4, -0.2) is 83.1 Å². The van der Waals surface area contributed by atoms with Crippen LogP contribution in [0.3, 0.4) is 0 Å². The van der Waals surface area contributed by atoms with Gasteiger partial charge in [-0.15, -0.1) is 0 Å². The molecule has 1 aliphatic heterocycles. The molecule has 0 aliphatic carbocycles. The third kappa shape index (κ3) is 6.51. The average molecular weight is 446 g/mol. The third-order valence-corrected chi connectivity index (χ3v) is 6.08. The molecule has 1 saturated heterocycles. The van der Waals surface area contributed by atoms with Crippen molar-refractivity contribution in [1.82, 2.24) is 4.90 Å². The number of aliphatic hydroxyl groups excluding tert-OH is 4. The van der Waals surface area contributed by atoms with Crippen LogP contribution in [0.4, 0.5) is 0 Å². The molecule has 1 heterocycles. The van der Waals surface area contributed by atoms with Crippen molar-refractivity contribution in [2.75, 3.05) is 33.4 Å². The number of nitrogens with zero attached hydrogens (tertiary/aromatic N) is 1. The predicted octanol–water partition coefficient (Wildman–Crippen LogP) is 1.81. The highest BCUT2D eigenvalue weighted by Crippen LogP contribution is 2.24. The van der Waals surface area contributed by atoms with E-state index in [9.17, 15) is 20.4 Å². The normalized spacial score (nSPS) is 23.9. The molecular formula is C25H35NO6. The molecule has 32 heavy (non-hydrogen) atoms. The van der Waals surface area contributed by atoms with Crippen molar-refractivity contribution in [3.63, 3.8) is 0 Å². The highest BCUT2D eigenvalue weighted by Gasteiger charge is 2.40. The Hall–Kier alpha value is -2.00. The summed E-state index contributed by atoms with van der Waals surface area (Å²) in [5.41, 5.74) is 3.37. The lowest BCUT2D eigenvalue weighted by atomic mass is 9.94. The van der Waals surface area contributed by atoms with Crippen LogP contribution in [0.25, 0.3) is 11.1 Å². The average Bonchev–Trinajstić information content (AvgIpc) is 2.82. The molecule has 1 aliphatic rings. The number of rotatable bonds is 11. The molecule has 0 aromatic heterocycles. The van der Waals surface area contributed by atoms with E-state index in [1.807, 2.05) is 23.1 Å². The van der Waals surface area contributed by atoms with Gasteiger partial charge in [0.15, 0.2) is 0 Å². The van der Waals surface area contributed by atoms with E-state index in [1.54, 1.807) is 7.11 Å². The highest BCUT2D eigenvalue weighted by molar-refractivity contribution is 5.65. The number of β-amino-alcohol motifs (C(OH)–C–C–N with tert-alkyl or cyclic N) is 1. The molecule has 1 fully saturated rings. The standard InChI is InChI=1S/C25H35NO6/c1-31-21-7-5-6-20(14-21)19-10-8-18(9-11-19)17-32-13-4-2-3-12-26-15-23(28)25(30)24(29)22(26)16-27/h5-11,14,22-25,27-30H,2-4,12-13,15-17H2,1H3/t22-,23+,24-,25-/m1/s1. The van der Waals surface area contributed by atoms with Gasteiger partial charge in [-0.25, -0.2) is 0 Å². The first-order chi connectivity index (χ1) is 15.5. The largest absolute Gasteiger partial charge is 0.497 e. The van der Waals surface area contributed by atoms with Gasteiger partial charge in [-0.2, -0.15) is 0 Å². The number of ether oxygens (including phenoxy) is 2. The Morgan fingerprint density at radius 3 is 2.44 bits per heavy atom. The Balaban J connectivity index is 1.33. The van der Waals surface area contributed by atoms with Crippen LogP contribution in [0.15, 0.2) is 48.5 Å². The molecule has 4 atom stereocenters. The summed E-state index contributed by atoms with van der Waals surface area (Å²) in [5.74, 6) is 0.840. The maximum absolute atomic E-state index is 10.0. The van der Waals surface area contributed by atoms with Crippen LogP contribution in [0, 0.1) is 0 Å².